The van der Waals surface area contributed by atoms with Gasteiger partial charge in [-0.15, -0.1) is 0 Å². The van der Waals surface area contributed by atoms with E-state index >= 15 is 0 Å². The summed E-state index contributed by atoms with van der Waals surface area (Å²) >= 11 is 0. The maximum absolute atomic E-state index is 13.4. The number of hydrogen-bond donors (Lipinski definition) is 2. The van der Waals surface area contributed by atoms with Crippen molar-refractivity contribution in [3.05, 3.63) is 58.1 Å². The Hall–Kier alpha value is -3.23. The lowest BCUT2D eigenvalue weighted by Crippen LogP contribution is -2.22. The summed E-state index contributed by atoms with van der Waals surface area (Å²) in [6, 6.07) is 6.51. The standard InChI is InChI=1S/C15H13F2N3O4/c1-24-14-7-10(20(22)23)3-5-12(14)19-15(21)8-18-13-6-9(16)2-4-11(13)17/h2-7,18H,8H2,1H3,(H,19,21). The molecule has 0 spiro atoms. The maximum atomic E-state index is 13.4. The molecule has 0 saturated heterocycles. The number of benzene rings is 2. The molecule has 9 heteroatoms. The number of carbonyl (C=O) groups excluding carboxylic acids is 1. The number of amides is 1. The van der Waals surface area contributed by atoms with Crippen LogP contribution in [0, 0.1) is 21.7 Å². The summed E-state index contributed by atoms with van der Waals surface area (Å²) in [5.74, 6) is -1.80. The summed E-state index contributed by atoms with van der Waals surface area (Å²) in [6.07, 6.45) is 0. The first kappa shape index (κ1) is 17.1. The quantitative estimate of drug-likeness (QED) is 0.624. The van der Waals surface area contributed by atoms with E-state index in [-0.39, 0.29) is 29.4 Å². The fourth-order valence-electron chi connectivity index (χ4n) is 1.90. The van der Waals surface area contributed by atoms with Crippen molar-refractivity contribution in [1.82, 2.24) is 0 Å². The Labute approximate surface area is 135 Å². The minimum absolute atomic E-state index is 0.106. The molecule has 0 heterocycles. The van der Waals surface area contributed by atoms with Gasteiger partial charge in [-0.1, -0.05) is 0 Å². The number of hydrogen-bond acceptors (Lipinski definition) is 5. The predicted molar refractivity (Wildman–Crippen MR) is 83.1 cm³/mol. The fourth-order valence-corrected chi connectivity index (χ4v) is 1.90. The number of nitro benzene ring substituents is 1. The molecule has 0 bridgehead atoms. The Morgan fingerprint density at radius 3 is 2.62 bits per heavy atom. The van der Waals surface area contributed by atoms with Gasteiger partial charge in [-0.2, -0.15) is 0 Å². The van der Waals surface area contributed by atoms with Gasteiger partial charge in [0.15, 0.2) is 0 Å². The third-order valence-corrected chi connectivity index (χ3v) is 3.04. The molecule has 0 aliphatic heterocycles. The number of methoxy groups -OCH3 is 1. The lowest BCUT2D eigenvalue weighted by atomic mass is 10.2. The number of rotatable bonds is 6. The van der Waals surface area contributed by atoms with Gasteiger partial charge in [0.1, 0.15) is 17.4 Å². The molecule has 0 aliphatic rings. The number of nitrogens with one attached hydrogen (secondary N) is 2. The molecule has 0 unspecified atom stereocenters. The molecule has 2 aromatic carbocycles. The van der Waals surface area contributed by atoms with Crippen molar-refractivity contribution in [3.63, 3.8) is 0 Å². The Morgan fingerprint density at radius 2 is 1.96 bits per heavy atom. The lowest BCUT2D eigenvalue weighted by Gasteiger charge is -2.11. The van der Waals surface area contributed by atoms with Crippen LogP contribution in [-0.2, 0) is 4.79 Å². The summed E-state index contributed by atoms with van der Waals surface area (Å²) in [4.78, 5) is 22.0. The summed E-state index contributed by atoms with van der Waals surface area (Å²) in [5, 5.41) is 15.6. The van der Waals surface area contributed by atoms with Gasteiger partial charge in [-0.3, -0.25) is 14.9 Å². The zero-order valence-electron chi connectivity index (χ0n) is 12.5. The highest BCUT2D eigenvalue weighted by Gasteiger charge is 2.13. The molecule has 0 radical (unpaired) electrons. The van der Waals surface area contributed by atoms with Crippen molar-refractivity contribution in [3.8, 4) is 5.75 Å². The van der Waals surface area contributed by atoms with Crippen LogP contribution in [0.3, 0.4) is 0 Å². The summed E-state index contributed by atoms with van der Waals surface area (Å²) in [5.41, 5.74) is -0.125. The zero-order valence-corrected chi connectivity index (χ0v) is 12.5. The highest BCUT2D eigenvalue weighted by molar-refractivity contribution is 5.95. The van der Waals surface area contributed by atoms with Crippen LogP contribution in [0.2, 0.25) is 0 Å². The molecule has 0 fully saturated rings. The monoisotopic (exact) mass is 337 g/mol. The molecule has 24 heavy (non-hydrogen) atoms. The molecular weight excluding hydrogens is 324 g/mol. The van der Waals surface area contributed by atoms with Crippen LogP contribution in [0.25, 0.3) is 0 Å². The predicted octanol–water partition coefficient (Wildman–Crippen LogP) is 2.93. The van der Waals surface area contributed by atoms with E-state index in [1.54, 1.807) is 0 Å². The van der Waals surface area contributed by atoms with Crippen molar-refractivity contribution in [2.24, 2.45) is 0 Å². The number of nitro groups is 1. The number of nitrogens with zero attached hydrogens (tertiary/aromatic N) is 1. The number of halogens is 2. The maximum Gasteiger partial charge on any atom is 0.273 e. The first-order valence-corrected chi connectivity index (χ1v) is 6.72. The minimum Gasteiger partial charge on any atom is -0.494 e. The van der Waals surface area contributed by atoms with Crippen LogP contribution in [0.4, 0.5) is 25.8 Å². The molecule has 2 aromatic rings. The molecule has 7 nitrogen and oxygen atoms in total. The van der Waals surface area contributed by atoms with Gasteiger partial charge in [0.25, 0.3) is 5.69 Å². The van der Waals surface area contributed by atoms with Gasteiger partial charge < -0.3 is 15.4 Å². The normalized spacial score (nSPS) is 10.1. The van der Waals surface area contributed by atoms with E-state index in [0.717, 1.165) is 24.3 Å². The average Bonchev–Trinajstić information content (AvgIpc) is 2.55. The molecular formula is C15H13F2N3O4. The van der Waals surface area contributed by atoms with Crippen molar-refractivity contribution < 1.29 is 23.2 Å². The van der Waals surface area contributed by atoms with Gasteiger partial charge in [0.2, 0.25) is 5.91 Å². The van der Waals surface area contributed by atoms with Crippen molar-refractivity contribution in [2.75, 3.05) is 24.3 Å². The van der Waals surface area contributed by atoms with E-state index in [0.29, 0.717) is 0 Å². The first-order valence-electron chi connectivity index (χ1n) is 6.72. The second-order valence-electron chi connectivity index (χ2n) is 4.67. The van der Waals surface area contributed by atoms with Gasteiger partial charge in [-0.25, -0.2) is 8.78 Å². The average molecular weight is 337 g/mol. The van der Waals surface area contributed by atoms with Gasteiger partial charge in [0, 0.05) is 6.07 Å². The summed E-state index contributed by atoms with van der Waals surface area (Å²) in [6.45, 7) is -0.333. The van der Waals surface area contributed by atoms with Crippen LogP contribution in [0.5, 0.6) is 5.75 Å². The van der Waals surface area contributed by atoms with Crippen molar-refractivity contribution in [1.29, 1.82) is 0 Å². The van der Waals surface area contributed by atoms with Crippen LogP contribution < -0.4 is 15.4 Å². The number of ether oxygens (including phenoxy) is 1. The molecule has 0 aliphatic carbocycles. The Morgan fingerprint density at radius 1 is 1.21 bits per heavy atom. The van der Waals surface area contributed by atoms with Gasteiger partial charge >= 0.3 is 0 Å². The Kier molecular flexibility index (Phi) is 5.25. The molecule has 2 rings (SSSR count). The van der Waals surface area contributed by atoms with E-state index in [9.17, 15) is 23.7 Å². The van der Waals surface area contributed by atoms with E-state index in [1.807, 2.05) is 0 Å². The van der Waals surface area contributed by atoms with Gasteiger partial charge in [-0.05, 0) is 24.3 Å². The molecule has 1 amide bonds. The summed E-state index contributed by atoms with van der Waals surface area (Å²) in [7, 11) is 1.30. The summed E-state index contributed by atoms with van der Waals surface area (Å²) < 4.78 is 31.5. The molecule has 0 aromatic heterocycles. The van der Waals surface area contributed by atoms with E-state index < -0.39 is 22.5 Å². The van der Waals surface area contributed by atoms with Crippen molar-refractivity contribution in [2.45, 2.75) is 0 Å². The SMILES string of the molecule is COc1cc([N+](=O)[O-])ccc1NC(=O)CNc1cc(F)ccc1F. The Balaban J connectivity index is 2.04. The van der Waals surface area contributed by atoms with Crippen LogP contribution in [0.15, 0.2) is 36.4 Å². The van der Waals surface area contributed by atoms with E-state index in [4.69, 9.17) is 4.74 Å². The second-order valence-corrected chi connectivity index (χ2v) is 4.67. The fraction of sp³-hybridized carbons (Fsp3) is 0.133. The lowest BCUT2D eigenvalue weighted by molar-refractivity contribution is -0.384. The van der Waals surface area contributed by atoms with Crippen LogP contribution in [-0.4, -0.2) is 24.5 Å². The third-order valence-electron chi connectivity index (χ3n) is 3.04. The third kappa shape index (κ3) is 4.15. The van der Waals surface area contributed by atoms with E-state index in [1.165, 1.54) is 19.2 Å². The zero-order chi connectivity index (χ0) is 17.7. The molecule has 0 saturated carbocycles. The van der Waals surface area contributed by atoms with Crippen LogP contribution in [0.1, 0.15) is 0 Å². The first-order chi connectivity index (χ1) is 11.4. The number of anilines is 2. The van der Waals surface area contributed by atoms with Crippen LogP contribution >= 0.6 is 0 Å². The smallest absolute Gasteiger partial charge is 0.273 e. The van der Waals surface area contributed by atoms with Gasteiger partial charge in [0.05, 0.1) is 36.0 Å². The van der Waals surface area contributed by atoms with Crippen molar-refractivity contribution >= 4 is 23.0 Å². The number of non-ortho nitro benzene ring substituents is 1. The Bertz CT molecular complexity index is 783. The second kappa shape index (κ2) is 7.36. The highest BCUT2D eigenvalue weighted by atomic mass is 19.1. The molecule has 0 atom stereocenters. The topological polar surface area (TPSA) is 93.5 Å². The highest BCUT2D eigenvalue weighted by Crippen LogP contribution is 2.28. The number of carbonyl (C=O) groups is 1. The van der Waals surface area contributed by atoms with E-state index in [2.05, 4.69) is 10.6 Å². The largest absolute Gasteiger partial charge is 0.494 e. The molecule has 2 N–H and O–H groups in total. The minimum atomic E-state index is -0.697. The molecule has 126 valence electrons.